The van der Waals surface area contributed by atoms with Gasteiger partial charge in [0.15, 0.2) is 0 Å². The minimum absolute atomic E-state index is 0.0551. The number of carbonyl (C=O) groups excluding carboxylic acids is 1. The Morgan fingerprint density at radius 1 is 1.13 bits per heavy atom. The van der Waals surface area contributed by atoms with Gasteiger partial charge in [0.1, 0.15) is 0 Å². The third-order valence-corrected chi connectivity index (χ3v) is 5.51. The van der Waals surface area contributed by atoms with Crippen molar-refractivity contribution in [2.24, 2.45) is 5.10 Å². The zero-order chi connectivity index (χ0) is 21.3. The van der Waals surface area contributed by atoms with Crippen LogP contribution in [0.2, 0.25) is 0 Å². The first kappa shape index (κ1) is 21.5. The van der Waals surface area contributed by atoms with Gasteiger partial charge in [0, 0.05) is 27.9 Å². The van der Waals surface area contributed by atoms with E-state index >= 15 is 0 Å². The number of benzene rings is 2. The fraction of sp³-hybridized carbons (Fsp3) is 0.143. The maximum absolute atomic E-state index is 11.7. The number of nitrogens with zero attached hydrogens (tertiary/aromatic N) is 2. The molecule has 2 aromatic carbocycles. The molecule has 154 valence electrons. The van der Waals surface area contributed by atoms with Gasteiger partial charge in [-0.05, 0) is 36.1 Å². The van der Waals surface area contributed by atoms with Gasteiger partial charge in [0.2, 0.25) is 11.0 Å². The Morgan fingerprint density at radius 3 is 2.53 bits per heavy atom. The number of aliphatic carboxylic acids is 1. The molecule has 0 saturated carbocycles. The highest BCUT2D eigenvalue weighted by molar-refractivity contribution is 7.98. The quantitative estimate of drug-likeness (QED) is 0.251. The van der Waals surface area contributed by atoms with E-state index in [1.165, 1.54) is 16.2 Å². The molecule has 0 aliphatic carbocycles. The van der Waals surface area contributed by atoms with Gasteiger partial charge in [-0.15, -0.1) is 23.1 Å². The van der Waals surface area contributed by atoms with E-state index in [-0.39, 0.29) is 18.7 Å². The minimum Gasteiger partial charge on any atom is -0.481 e. The van der Waals surface area contributed by atoms with E-state index in [0.29, 0.717) is 10.8 Å². The monoisotopic (exact) mass is 440 g/mol. The summed E-state index contributed by atoms with van der Waals surface area (Å²) in [6.07, 6.45) is 3.54. The smallest absolute Gasteiger partial charge is 0.303 e. The average molecular weight is 441 g/mol. The highest BCUT2D eigenvalue weighted by atomic mass is 32.2. The van der Waals surface area contributed by atoms with Crippen LogP contribution in [0.1, 0.15) is 18.4 Å². The van der Waals surface area contributed by atoms with Crippen molar-refractivity contribution in [1.29, 1.82) is 0 Å². The van der Waals surface area contributed by atoms with Gasteiger partial charge < -0.3 is 10.4 Å². The van der Waals surface area contributed by atoms with Gasteiger partial charge >= 0.3 is 5.97 Å². The van der Waals surface area contributed by atoms with Gasteiger partial charge in [0.05, 0.1) is 18.3 Å². The molecule has 7 nitrogen and oxygen atoms in total. The Hall–Kier alpha value is -3.17. The van der Waals surface area contributed by atoms with Crippen LogP contribution < -0.4 is 10.7 Å². The molecule has 0 bridgehead atoms. The second-order valence-corrected chi connectivity index (χ2v) is 7.94. The van der Waals surface area contributed by atoms with Gasteiger partial charge in [-0.2, -0.15) is 5.10 Å². The molecule has 0 saturated heterocycles. The molecule has 0 unspecified atom stereocenters. The number of thioether (sulfide) groups is 1. The summed E-state index contributed by atoms with van der Waals surface area (Å²) >= 11 is 3.14. The first-order chi connectivity index (χ1) is 14.5. The summed E-state index contributed by atoms with van der Waals surface area (Å²) in [5.74, 6) is -1.32. The molecule has 9 heteroatoms. The summed E-state index contributed by atoms with van der Waals surface area (Å²) in [7, 11) is 0. The largest absolute Gasteiger partial charge is 0.481 e. The van der Waals surface area contributed by atoms with E-state index in [1.54, 1.807) is 30.1 Å². The lowest BCUT2D eigenvalue weighted by Gasteiger charge is -2.05. The number of nitrogens with one attached hydrogen (secondary N) is 2. The summed E-state index contributed by atoms with van der Waals surface area (Å²) in [6, 6.07) is 15.3. The normalized spacial score (nSPS) is 10.8. The van der Waals surface area contributed by atoms with Crippen molar-refractivity contribution in [2.45, 2.75) is 17.7 Å². The number of anilines is 2. The summed E-state index contributed by atoms with van der Waals surface area (Å²) in [5.41, 5.74) is 6.25. The maximum Gasteiger partial charge on any atom is 0.303 e. The number of rotatable bonds is 9. The number of hydrogen-bond acceptors (Lipinski definition) is 7. The molecule has 3 N–H and O–H groups in total. The van der Waals surface area contributed by atoms with Crippen LogP contribution in [0.15, 0.2) is 63.9 Å². The van der Waals surface area contributed by atoms with Crippen molar-refractivity contribution in [3.8, 4) is 11.3 Å². The standard InChI is InChI=1S/C21H20N4O3S2/c1-29-17-8-2-14(3-9-17)12-22-25-21-24-18(13-30-21)15-4-6-16(7-5-15)23-19(26)10-11-20(27)28/h2-9,12-13H,10-11H2,1H3,(H,23,26)(H,24,25)(H,27,28). The van der Waals surface area contributed by atoms with Crippen LogP contribution in [0.4, 0.5) is 10.8 Å². The summed E-state index contributed by atoms with van der Waals surface area (Å²) in [4.78, 5) is 27.9. The molecule has 3 aromatic rings. The zero-order valence-electron chi connectivity index (χ0n) is 16.2. The maximum atomic E-state index is 11.7. The van der Waals surface area contributed by atoms with E-state index in [2.05, 4.69) is 20.8 Å². The average Bonchev–Trinajstić information content (AvgIpc) is 3.22. The third kappa shape index (κ3) is 6.43. The van der Waals surface area contributed by atoms with Gasteiger partial charge in [-0.25, -0.2) is 4.98 Å². The molecule has 0 spiro atoms. The second kappa shape index (κ2) is 10.6. The zero-order valence-corrected chi connectivity index (χ0v) is 17.8. The minimum atomic E-state index is -0.994. The topological polar surface area (TPSA) is 104 Å². The number of hydrogen-bond donors (Lipinski definition) is 3. The number of hydrazone groups is 1. The number of carbonyl (C=O) groups is 2. The highest BCUT2D eigenvalue weighted by Gasteiger charge is 2.07. The van der Waals surface area contributed by atoms with E-state index < -0.39 is 5.97 Å². The Labute approximate surface area is 182 Å². The second-order valence-electron chi connectivity index (χ2n) is 6.20. The van der Waals surface area contributed by atoms with Crippen molar-refractivity contribution in [1.82, 2.24) is 4.98 Å². The summed E-state index contributed by atoms with van der Waals surface area (Å²) in [5, 5.41) is 18.1. The SMILES string of the molecule is CSc1ccc(C=NNc2nc(-c3ccc(NC(=O)CCC(=O)O)cc3)cs2)cc1. The Balaban J connectivity index is 1.55. The first-order valence-electron chi connectivity index (χ1n) is 9.04. The van der Waals surface area contributed by atoms with Crippen LogP contribution >= 0.6 is 23.1 Å². The fourth-order valence-corrected chi connectivity index (χ4v) is 3.55. The molecular weight excluding hydrogens is 420 g/mol. The van der Waals surface area contributed by atoms with Gasteiger partial charge in [-0.1, -0.05) is 24.3 Å². The molecule has 3 rings (SSSR count). The molecule has 1 amide bonds. The summed E-state index contributed by atoms with van der Waals surface area (Å²) < 4.78 is 0. The number of thiazole rings is 1. The molecule has 0 radical (unpaired) electrons. The lowest BCUT2D eigenvalue weighted by Crippen LogP contribution is -2.13. The Bertz CT molecular complexity index is 1030. The van der Waals surface area contributed by atoms with Crippen molar-refractivity contribution < 1.29 is 14.7 Å². The molecule has 0 atom stereocenters. The number of carboxylic acid groups (broad SMARTS) is 1. The van der Waals surface area contributed by atoms with E-state index in [1.807, 2.05) is 48.0 Å². The molecule has 0 aliphatic heterocycles. The van der Waals surface area contributed by atoms with Crippen LogP contribution in [-0.2, 0) is 9.59 Å². The van der Waals surface area contributed by atoms with Crippen molar-refractivity contribution in [2.75, 3.05) is 17.0 Å². The van der Waals surface area contributed by atoms with Gasteiger partial charge in [0.25, 0.3) is 0 Å². The predicted molar refractivity (Wildman–Crippen MR) is 122 cm³/mol. The fourth-order valence-electron chi connectivity index (χ4n) is 2.48. The predicted octanol–water partition coefficient (Wildman–Crippen LogP) is 4.78. The number of amides is 1. The van der Waals surface area contributed by atoms with Crippen LogP contribution in [0, 0.1) is 0 Å². The van der Waals surface area contributed by atoms with Crippen LogP contribution in [-0.4, -0.2) is 34.4 Å². The van der Waals surface area contributed by atoms with Gasteiger partial charge in [-0.3, -0.25) is 15.0 Å². The van der Waals surface area contributed by atoms with Crippen LogP contribution in [0.5, 0.6) is 0 Å². The van der Waals surface area contributed by atoms with Crippen molar-refractivity contribution in [3.05, 3.63) is 59.5 Å². The summed E-state index contributed by atoms with van der Waals surface area (Å²) in [6.45, 7) is 0. The Kier molecular flexibility index (Phi) is 7.58. The lowest BCUT2D eigenvalue weighted by atomic mass is 10.1. The van der Waals surface area contributed by atoms with Crippen LogP contribution in [0.3, 0.4) is 0 Å². The molecular formula is C21H20N4O3S2. The molecule has 0 fully saturated rings. The lowest BCUT2D eigenvalue weighted by molar-refractivity contribution is -0.138. The number of carboxylic acids is 1. The molecule has 0 aliphatic rings. The van der Waals surface area contributed by atoms with Crippen molar-refractivity contribution >= 4 is 52.0 Å². The molecule has 1 heterocycles. The third-order valence-electron chi connectivity index (χ3n) is 4.02. The molecule has 30 heavy (non-hydrogen) atoms. The highest BCUT2D eigenvalue weighted by Crippen LogP contribution is 2.26. The van der Waals surface area contributed by atoms with Crippen molar-refractivity contribution in [3.63, 3.8) is 0 Å². The van der Waals surface area contributed by atoms with E-state index in [0.717, 1.165) is 16.8 Å². The van der Waals surface area contributed by atoms with Crippen LogP contribution in [0.25, 0.3) is 11.3 Å². The first-order valence-corrected chi connectivity index (χ1v) is 11.1. The Morgan fingerprint density at radius 2 is 1.87 bits per heavy atom. The molecule has 1 aromatic heterocycles. The number of aromatic nitrogens is 1. The van der Waals surface area contributed by atoms with E-state index in [9.17, 15) is 9.59 Å². The van der Waals surface area contributed by atoms with E-state index in [4.69, 9.17) is 5.11 Å².